The van der Waals surface area contributed by atoms with Crippen LogP contribution in [0.3, 0.4) is 0 Å². The van der Waals surface area contributed by atoms with E-state index in [1.54, 1.807) is 6.92 Å². The zero-order chi connectivity index (χ0) is 18.2. The molecule has 1 aliphatic carbocycles. The lowest BCUT2D eigenvalue weighted by atomic mass is 9.83. The van der Waals surface area contributed by atoms with Gasteiger partial charge in [0.1, 0.15) is 0 Å². The smallest absolute Gasteiger partial charge is 0.334 e. The number of nitrogens with one attached hydrogen (secondary N) is 1. The van der Waals surface area contributed by atoms with Crippen LogP contribution in [0.25, 0.3) is 0 Å². The minimum absolute atomic E-state index is 0.0826. The van der Waals surface area contributed by atoms with Crippen LogP contribution in [0.4, 0.5) is 5.69 Å². The van der Waals surface area contributed by atoms with Gasteiger partial charge < -0.3 is 15.2 Å². The molecule has 5 heteroatoms. The van der Waals surface area contributed by atoms with E-state index in [1.165, 1.54) is 31.7 Å². The molecule has 1 aromatic rings. The van der Waals surface area contributed by atoms with Crippen LogP contribution in [0, 0.1) is 0 Å². The molecule has 1 saturated carbocycles. The van der Waals surface area contributed by atoms with Crippen LogP contribution >= 0.6 is 0 Å². The SMILES string of the molecule is CCOC(=O)C(O)CCc1ccc(C2CCCCC2)c(NC(C)=O)c1. The number of aliphatic hydroxyl groups excluding tert-OH is 1. The van der Waals surface area contributed by atoms with Crippen molar-refractivity contribution in [1.82, 2.24) is 0 Å². The molecule has 1 aromatic carbocycles. The highest BCUT2D eigenvalue weighted by Gasteiger charge is 2.20. The van der Waals surface area contributed by atoms with E-state index in [9.17, 15) is 14.7 Å². The van der Waals surface area contributed by atoms with Crippen LogP contribution < -0.4 is 5.32 Å². The predicted molar refractivity (Wildman–Crippen MR) is 97.5 cm³/mol. The van der Waals surface area contributed by atoms with E-state index in [1.807, 2.05) is 12.1 Å². The van der Waals surface area contributed by atoms with Gasteiger partial charge in [-0.15, -0.1) is 0 Å². The van der Waals surface area contributed by atoms with Gasteiger partial charge in [0.15, 0.2) is 6.10 Å². The average Bonchev–Trinajstić information content (AvgIpc) is 2.60. The Hall–Kier alpha value is -1.88. The van der Waals surface area contributed by atoms with E-state index < -0.39 is 12.1 Å². The molecule has 0 saturated heterocycles. The Morgan fingerprint density at radius 2 is 2.00 bits per heavy atom. The molecule has 5 nitrogen and oxygen atoms in total. The topological polar surface area (TPSA) is 75.6 Å². The first-order valence-electron chi connectivity index (χ1n) is 9.26. The maximum atomic E-state index is 11.6. The second-order valence-corrected chi connectivity index (χ2v) is 6.74. The molecule has 1 aliphatic rings. The number of aliphatic hydroxyl groups is 1. The van der Waals surface area contributed by atoms with Crippen molar-refractivity contribution in [2.24, 2.45) is 0 Å². The molecule has 0 heterocycles. The summed E-state index contributed by atoms with van der Waals surface area (Å²) in [4.78, 5) is 23.1. The van der Waals surface area contributed by atoms with Crippen molar-refractivity contribution in [3.63, 3.8) is 0 Å². The molecule has 0 spiro atoms. The number of esters is 1. The Kier molecular flexibility index (Phi) is 7.44. The van der Waals surface area contributed by atoms with Gasteiger partial charge in [-0.05, 0) is 55.7 Å². The van der Waals surface area contributed by atoms with Crippen LogP contribution in [-0.2, 0) is 20.7 Å². The van der Waals surface area contributed by atoms with Gasteiger partial charge in [-0.3, -0.25) is 4.79 Å². The average molecular weight is 347 g/mol. The number of benzene rings is 1. The molecule has 0 aliphatic heterocycles. The second kappa shape index (κ2) is 9.56. The van der Waals surface area contributed by atoms with E-state index in [2.05, 4.69) is 11.4 Å². The van der Waals surface area contributed by atoms with Gasteiger partial charge in [-0.1, -0.05) is 31.4 Å². The molecule has 1 fully saturated rings. The summed E-state index contributed by atoms with van der Waals surface area (Å²) in [6.45, 7) is 3.49. The van der Waals surface area contributed by atoms with Gasteiger partial charge >= 0.3 is 5.97 Å². The van der Waals surface area contributed by atoms with Crippen LogP contribution in [0.2, 0.25) is 0 Å². The zero-order valence-electron chi connectivity index (χ0n) is 15.2. The summed E-state index contributed by atoms with van der Waals surface area (Å²) in [7, 11) is 0. The van der Waals surface area contributed by atoms with Gasteiger partial charge in [0.25, 0.3) is 0 Å². The summed E-state index contributed by atoms with van der Waals surface area (Å²) >= 11 is 0. The lowest BCUT2D eigenvalue weighted by Crippen LogP contribution is -2.23. The van der Waals surface area contributed by atoms with Crippen molar-refractivity contribution in [3.05, 3.63) is 29.3 Å². The maximum Gasteiger partial charge on any atom is 0.334 e. The van der Waals surface area contributed by atoms with Crippen LogP contribution in [0.1, 0.15) is 69.4 Å². The molecule has 2 N–H and O–H groups in total. The number of carbonyl (C=O) groups is 2. The summed E-state index contributed by atoms with van der Waals surface area (Å²) in [6, 6.07) is 6.10. The molecule has 1 amide bonds. The summed E-state index contributed by atoms with van der Waals surface area (Å²) in [5, 5.41) is 12.8. The Morgan fingerprint density at radius 1 is 1.28 bits per heavy atom. The quantitative estimate of drug-likeness (QED) is 0.740. The number of rotatable bonds is 7. The molecule has 2 rings (SSSR count). The first-order valence-corrected chi connectivity index (χ1v) is 9.26. The van der Waals surface area contributed by atoms with Crippen LogP contribution in [-0.4, -0.2) is 29.7 Å². The zero-order valence-corrected chi connectivity index (χ0v) is 15.2. The number of hydrogen-bond donors (Lipinski definition) is 2. The summed E-state index contributed by atoms with van der Waals surface area (Å²) in [5.74, 6) is -0.168. The van der Waals surface area contributed by atoms with E-state index in [-0.39, 0.29) is 12.5 Å². The lowest BCUT2D eigenvalue weighted by molar-refractivity contribution is -0.153. The number of amides is 1. The molecule has 1 unspecified atom stereocenters. The second-order valence-electron chi connectivity index (χ2n) is 6.74. The van der Waals surface area contributed by atoms with E-state index in [0.29, 0.717) is 18.8 Å². The highest BCUT2D eigenvalue weighted by molar-refractivity contribution is 5.89. The molecular weight excluding hydrogens is 318 g/mol. The third kappa shape index (κ3) is 5.85. The number of ether oxygens (including phenoxy) is 1. The van der Waals surface area contributed by atoms with E-state index in [0.717, 1.165) is 24.1 Å². The number of hydrogen-bond acceptors (Lipinski definition) is 4. The number of aryl methyl sites for hydroxylation is 1. The molecular formula is C20H29NO4. The van der Waals surface area contributed by atoms with Crippen molar-refractivity contribution in [1.29, 1.82) is 0 Å². The Morgan fingerprint density at radius 3 is 2.64 bits per heavy atom. The fourth-order valence-corrected chi connectivity index (χ4v) is 3.49. The largest absolute Gasteiger partial charge is 0.464 e. The Balaban J connectivity index is 2.09. The van der Waals surface area contributed by atoms with Gasteiger partial charge in [-0.2, -0.15) is 0 Å². The predicted octanol–water partition coefficient (Wildman–Crippen LogP) is 3.55. The third-order valence-electron chi connectivity index (χ3n) is 4.74. The summed E-state index contributed by atoms with van der Waals surface area (Å²) in [6.07, 6.45) is 5.83. The number of carbonyl (C=O) groups excluding carboxylic acids is 2. The van der Waals surface area contributed by atoms with Gasteiger partial charge in [-0.25, -0.2) is 4.79 Å². The standard InChI is InChI=1S/C20H29NO4/c1-3-25-20(24)19(23)12-10-15-9-11-17(16-7-5-4-6-8-16)18(13-15)21-14(2)22/h9,11,13,16,19,23H,3-8,10,12H2,1-2H3,(H,21,22). The minimum atomic E-state index is -1.11. The lowest BCUT2D eigenvalue weighted by Gasteiger charge is -2.25. The Bertz CT molecular complexity index is 593. The van der Waals surface area contributed by atoms with Crippen molar-refractivity contribution in [2.45, 2.75) is 70.8 Å². The highest BCUT2D eigenvalue weighted by atomic mass is 16.5. The van der Waals surface area contributed by atoms with Gasteiger partial charge in [0.2, 0.25) is 5.91 Å². The molecule has 138 valence electrons. The Labute approximate surface area is 149 Å². The van der Waals surface area contributed by atoms with E-state index >= 15 is 0 Å². The monoisotopic (exact) mass is 347 g/mol. The molecule has 25 heavy (non-hydrogen) atoms. The summed E-state index contributed by atoms with van der Waals surface area (Å²) in [5.41, 5.74) is 3.05. The first kappa shape index (κ1) is 19.4. The molecule has 0 aromatic heterocycles. The van der Waals surface area contributed by atoms with Gasteiger partial charge in [0, 0.05) is 12.6 Å². The van der Waals surface area contributed by atoms with Gasteiger partial charge in [0.05, 0.1) is 6.61 Å². The molecule has 0 radical (unpaired) electrons. The highest BCUT2D eigenvalue weighted by Crippen LogP contribution is 2.37. The third-order valence-corrected chi connectivity index (χ3v) is 4.74. The first-order chi connectivity index (χ1) is 12.0. The van der Waals surface area contributed by atoms with Crippen molar-refractivity contribution in [2.75, 3.05) is 11.9 Å². The van der Waals surface area contributed by atoms with Crippen molar-refractivity contribution in [3.8, 4) is 0 Å². The van der Waals surface area contributed by atoms with Crippen LogP contribution in [0.15, 0.2) is 18.2 Å². The normalized spacial score (nSPS) is 16.3. The van der Waals surface area contributed by atoms with Crippen molar-refractivity contribution < 1.29 is 19.4 Å². The minimum Gasteiger partial charge on any atom is -0.464 e. The van der Waals surface area contributed by atoms with Crippen LogP contribution in [0.5, 0.6) is 0 Å². The number of anilines is 1. The molecule has 0 bridgehead atoms. The van der Waals surface area contributed by atoms with E-state index in [4.69, 9.17) is 4.74 Å². The fourth-order valence-electron chi connectivity index (χ4n) is 3.49. The fraction of sp³-hybridized carbons (Fsp3) is 0.600. The summed E-state index contributed by atoms with van der Waals surface area (Å²) < 4.78 is 4.82. The molecule has 1 atom stereocenters. The maximum absolute atomic E-state index is 11.6. The van der Waals surface area contributed by atoms with Crippen molar-refractivity contribution >= 4 is 17.6 Å².